The molecule has 134 valence electrons. The summed E-state index contributed by atoms with van der Waals surface area (Å²) in [6.45, 7) is 1.97. The minimum absolute atomic E-state index is 0.207. The molecular weight excluding hydrogens is 348 g/mol. The van der Waals surface area contributed by atoms with Crippen LogP contribution in [0.1, 0.15) is 16.7 Å². The molecular formula is C23H16N4O. The predicted molar refractivity (Wildman–Crippen MR) is 108 cm³/mol. The largest absolute Gasteiger partial charge is 0.480 e. The Balaban J connectivity index is 2.13. The van der Waals surface area contributed by atoms with Gasteiger partial charge in [0.05, 0.1) is 18.4 Å². The third kappa shape index (κ3) is 2.67. The number of hydrogen-bond acceptors (Lipinski definition) is 4. The standard InChI is InChI=1S/C23H16N4O/c1-14-6-5-7-15(10-14)21-17(11-24)22(27-23(28-2)18(21)12-25)19-13-26-20-9-4-3-8-16(19)20/h3-10,13,26H,1-2H3. The molecule has 5 heteroatoms. The second kappa shape index (κ2) is 6.90. The summed E-state index contributed by atoms with van der Waals surface area (Å²) in [5, 5.41) is 20.8. The number of pyridine rings is 1. The fourth-order valence-electron chi connectivity index (χ4n) is 3.48. The maximum absolute atomic E-state index is 10.0. The smallest absolute Gasteiger partial charge is 0.232 e. The first kappa shape index (κ1) is 17.3. The zero-order chi connectivity index (χ0) is 19.7. The Labute approximate surface area is 162 Å². The quantitative estimate of drug-likeness (QED) is 0.557. The van der Waals surface area contributed by atoms with Gasteiger partial charge >= 0.3 is 0 Å². The summed E-state index contributed by atoms with van der Waals surface area (Å²) >= 11 is 0. The Morgan fingerprint density at radius 2 is 1.79 bits per heavy atom. The van der Waals surface area contributed by atoms with Crippen molar-refractivity contribution in [1.29, 1.82) is 10.5 Å². The van der Waals surface area contributed by atoms with Crippen molar-refractivity contribution < 1.29 is 4.74 Å². The molecule has 0 amide bonds. The molecule has 0 radical (unpaired) electrons. The van der Waals surface area contributed by atoms with Gasteiger partial charge in [0, 0.05) is 28.2 Å². The van der Waals surface area contributed by atoms with Crippen LogP contribution in [0.4, 0.5) is 0 Å². The monoisotopic (exact) mass is 364 g/mol. The van der Waals surface area contributed by atoms with Crippen molar-refractivity contribution in [3.8, 4) is 40.4 Å². The maximum Gasteiger partial charge on any atom is 0.232 e. The number of H-pyrrole nitrogens is 1. The molecule has 0 atom stereocenters. The van der Waals surface area contributed by atoms with Gasteiger partial charge in [-0.1, -0.05) is 48.0 Å². The van der Waals surface area contributed by atoms with E-state index in [-0.39, 0.29) is 11.4 Å². The summed E-state index contributed by atoms with van der Waals surface area (Å²) in [5.41, 5.74) is 5.21. The van der Waals surface area contributed by atoms with Gasteiger partial charge in [0.15, 0.2) is 0 Å². The molecule has 0 fully saturated rings. The molecule has 0 unspecified atom stereocenters. The Morgan fingerprint density at radius 3 is 2.50 bits per heavy atom. The van der Waals surface area contributed by atoms with Crippen LogP contribution >= 0.6 is 0 Å². The average Bonchev–Trinajstić information content (AvgIpc) is 3.16. The number of nitriles is 2. The molecule has 2 aromatic carbocycles. The first-order valence-electron chi connectivity index (χ1n) is 8.73. The van der Waals surface area contributed by atoms with Gasteiger partial charge < -0.3 is 9.72 Å². The third-order valence-electron chi connectivity index (χ3n) is 4.73. The number of aromatic nitrogens is 2. The first-order valence-corrected chi connectivity index (χ1v) is 8.73. The normalized spacial score (nSPS) is 10.4. The highest BCUT2D eigenvalue weighted by molar-refractivity contribution is 5.98. The van der Waals surface area contributed by atoms with Crippen LogP contribution in [0, 0.1) is 29.6 Å². The van der Waals surface area contributed by atoms with E-state index in [0.717, 1.165) is 27.6 Å². The first-order chi connectivity index (χ1) is 13.7. The van der Waals surface area contributed by atoms with E-state index in [9.17, 15) is 10.5 Å². The lowest BCUT2D eigenvalue weighted by Crippen LogP contribution is -2.02. The molecule has 0 saturated carbocycles. The van der Waals surface area contributed by atoms with Gasteiger partial charge in [-0.25, -0.2) is 4.98 Å². The van der Waals surface area contributed by atoms with Crippen LogP contribution in [-0.4, -0.2) is 17.1 Å². The van der Waals surface area contributed by atoms with Crippen LogP contribution in [0.5, 0.6) is 5.88 Å². The summed E-state index contributed by atoms with van der Waals surface area (Å²) in [5.74, 6) is 0.207. The van der Waals surface area contributed by atoms with E-state index in [1.54, 1.807) is 0 Å². The summed E-state index contributed by atoms with van der Waals surface area (Å²) in [7, 11) is 1.48. The number of benzene rings is 2. The van der Waals surface area contributed by atoms with E-state index in [1.807, 2.05) is 61.7 Å². The Kier molecular flexibility index (Phi) is 4.27. The number of fused-ring (bicyclic) bond motifs is 1. The van der Waals surface area contributed by atoms with Crippen LogP contribution in [0.3, 0.4) is 0 Å². The van der Waals surface area contributed by atoms with Gasteiger partial charge in [0.25, 0.3) is 0 Å². The molecule has 4 aromatic rings. The van der Waals surface area contributed by atoms with Gasteiger partial charge in [0.1, 0.15) is 17.7 Å². The fraction of sp³-hybridized carbons (Fsp3) is 0.0870. The van der Waals surface area contributed by atoms with Crippen molar-refractivity contribution in [3.05, 3.63) is 71.4 Å². The Bertz CT molecular complexity index is 1290. The lowest BCUT2D eigenvalue weighted by Gasteiger charge is -2.14. The molecule has 2 aromatic heterocycles. The number of nitrogens with one attached hydrogen (secondary N) is 1. The number of hydrogen-bond donors (Lipinski definition) is 1. The molecule has 4 rings (SSSR count). The highest BCUT2D eigenvalue weighted by atomic mass is 16.5. The molecule has 0 aliphatic rings. The van der Waals surface area contributed by atoms with Crippen LogP contribution in [0.15, 0.2) is 54.7 Å². The molecule has 0 bridgehead atoms. The second-order valence-corrected chi connectivity index (χ2v) is 6.44. The number of para-hydroxylation sites is 1. The van der Waals surface area contributed by atoms with E-state index in [0.29, 0.717) is 16.8 Å². The summed E-state index contributed by atoms with van der Waals surface area (Å²) in [4.78, 5) is 7.76. The minimum Gasteiger partial charge on any atom is -0.480 e. The van der Waals surface area contributed by atoms with Crippen molar-refractivity contribution >= 4 is 10.9 Å². The summed E-state index contributed by atoms with van der Waals surface area (Å²) in [6, 6.07) is 20.0. The topological polar surface area (TPSA) is 85.5 Å². The van der Waals surface area contributed by atoms with Crippen LogP contribution in [0.2, 0.25) is 0 Å². The van der Waals surface area contributed by atoms with Crippen LogP contribution < -0.4 is 4.74 Å². The molecule has 1 N–H and O–H groups in total. The van der Waals surface area contributed by atoms with Gasteiger partial charge in [0.2, 0.25) is 5.88 Å². The molecule has 2 heterocycles. The summed E-state index contributed by atoms with van der Waals surface area (Å²) in [6.07, 6.45) is 1.83. The van der Waals surface area contributed by atoms with Gasteiger partial charge in [-0.05, 0) is 18.6 Å². The van der Waals surface area contributed by atoms with E-state index in [2.05, 4.69) is 22.1 Å². The highest BCUT2D eigenvalue weighted by Crippen LogP contribution is 2.39. The summed E-state index contributed by atoms with van der Waals surface area (Å²) < 4.78 is 5.43. The second-order valence-electron chi connectivity index (χ2n) is 6.44. The number of rotatable bonds is 3. The lowest BCUT2D eigenvalue weighted by atomic mass is 9.92. The van der Waals surface area contributed by atoms with Crippen molar-refractivity contribution in [1.82, 2.24) is 9.97 Å². The van der Waals surface area contributed by atoms with Crippen molar-refractivity contribution in [2.75, 3.05) is 7.11 Å². The van der Waals surface area contributed by atoms with Crippen molar-refractivity contribution in [2.24, 2.45) is 0 Å². The maximum atomic E-state index is 10.0. The van der Waals surface area contributed by atoms with E-state index >= 15 is 0 Å². The number of methoxy groups -OCH3 is 1. The SMILES string of the molecule is COc1nc(-c2c[nH]c3ccccc23)c(C#N)c(-c2cccc(C)c2)c1C#N. The minimum atomic E-state index is 0.207. The molecule has 0 aliphatic heterocycles. The van der Waals surface area contributed by atoms with E-state index < -0.39 is 0 Å². The predicted octanol–water partition coefficient (Wildman–Crippen LogP) is 4.96. The van der Waals surface area contributed by atoms with Crippen LogP contribution in [-0.2, 0) is 0 Å². The zero-order valence-electron chi connectivity index (χ0n) is 15.4. The molecule has 0 aliphatic carbocycles. The highest BCUT2D eigenvalue weighted by Gasteiger charge is 2.24. The van der Waals surface area contributed by atoms with E-state index in [4.69, 9.17) is 4.74 Å². The van der Waals surface area contributed by atoms with Gasteiger partial charge in [-0.15, -0.1) is 0 Å². The molecule has 28 heavy (non-hydrogen) atoms. The van der Waals surface area contributed by atoms with Crippen molar-refractivity contribution in [3.63, 3.8) is 0 Å². The average molecular weight is 364 g/mol. The Hall–Kier alpha value is -4.09. The fourth-order valence-corrected chi connectivity index (χ4v) is 3.48. The molecule has 0 spiro atoms. The van der Waals surface area contributed by atoms with Gasteiger partial charge in [-0.3, -0.25) is 0 Å². The molecule has 5 nitrogen and oxygen atoms in total. The van der Waals surface area contributed by atoms with E-state index in [1.165, 1.54) is 7.11 Å². The number of aromatic amines is 1. The number of nitrogens with zero attached hydrogens (tertiary/aromatic N) is 3. The third-order valence-corrected chi connectivity index (χ3v) is 4.73. The molecule has 0 saturated heterocycles. The number of ether oxygens (including phenoxy) is 1. The van der Waals surface area contributed by atoms with Gasteiger partial charge in [-0.2, -0.15) is 10.5 Å². The number of aryl methyl sites for hydroxylation is 1. The lowest BCUT2D eigenvalue weighted by molar-refractivity contribution is 0.397. The van der Waals surface area contributed by atoms with Crippen LogP contribution in [0.25, 0.3) is 33.3 Å². The zero-order valence-corrected chi connectivity index (χ0v) is 15.4. The Morgan fingerprint density at radius 1 is 1.00 bits per heavy atom. The van der Waals surface area contributed by atoms with Crippen molar-refractivity contribution in [2.45, 2.75) is 6.92 Å².